The second kappa shape index (κ2) is 3.14. The van der Waals surface area contributed by atoms with Crippen LogP contribution in [0.15, 0.2) is 24.3 Å². The Morgan fingerprint density at radius 1 is 1.43 bits per heavy atom. The minimum atomic E-state index is -3.45. The van der Waals surface area contributed by atoms with Crippen LogP contribution in [-0.4, -0.2) is 18.8 Å². The molecule has 1 N–H and O–H groups in total. The highest BCUT2D eigenvalue weighted by Crippen LogP contribution is 2.47. The third-order valence-electron chi connectivity index (χ3n) is 2.39. The van der Waals surface area contributed by atoms with Gasteiger partial charge in [0, 0.05) is 16.6 Å². The molecule has 1 aliphatic carbocycles. The number of phenols is 1. The normalized spacial score (nSPS) is 26.1. The van der Waals surface area contributed by atoms with Crippen LogP contribution in [0.5, 0.6) is 5.75 Å². The van der Waals surface area contributed by atoms with Gasteiger partial charge >= 0.3 is 0 Å². The van der Waals surface area contributed by atoms with Crippen LogP contribution in [0.2, 0.25) is 0 Å². The Morgan fingerprint density at radius 3 is 2.64 bits per heavy atom. The van der Waals surface area contributed by atoms with E-state index in [-0.39, 0.29) is 11.7 Å². The van der Waals surface area contributed by atoms with Crippen molar-refractivity contribution in [2.75, 3.05) is 0 Å². The highest BCUT2D eigenvalue weighted by molar-refractivity contribution is 8.14. The molecule has 2 unspecified atom stereocenters. The van der Waals surface area contributed by atoms with Gasteiger partial charge in [0.2, 0.25) is 9.05 Å². The predicted octanol–water partition coefficient (Wildman–Crippen LogP) is 1.82. The Bertz CT molecular complexity index is 455. The van der Waals surface area contributed by atoms with Gasteiger partial charge in [0.15, 0.2) is 0 Å². The van der Waals surface area contributed by atoms with Gasteiger partial charge in [-0.2, -0.15) is 0 Å². The Labute approximate surface area is 86.7 Å². The summed E-state index contributed by atoms with van der Waals surface area (Å²) < 4.78 is 21.9. The first-order chi connectivity index (χ1) is 6.48. The smallest absolute Gasteiger partial charge is 0.236 e. The third kappa shape index (κ3) is 1.86. The number of hydrogen-bond donors (Lipinski definition) is 1. The van der Waals surface area contributed by atoms with Crippen molar-refractivity contribution in [1.29, 1.82) is 0 Å². The van der Waals surface area contributed by atoms with Crippen molar-refractivity contribution in [3.8, 4) is 5.75 Å². The number of phenolic OH excluding ortho intramolecular Hbond substituents is 1. The molecule has 0 saturated heterocycles. The topological polar surface area (TPSA) is 54.4 Å². The summed E-state index contributed by atoms with van der Waals surface area (Å²) in [5, 5.41) is 8.72. The maximum atomic E-state index is 11.0. The summed E-state index contributed by atoms with van der Waals surface area (Å²) in [6, 6.07) is 6.62. The fraction of sp³-hybridized carbons (Fsp3) is 0.333. The van der Waals surface area contributed by atoms with Gasteiger partial charge in [-0.25, -0.2) is 8.42 Å². The van der Waals surface area contributed by atoms with Crippen LogP contribution in [0.25, 0.3) is 0 Å². The van der Waals surface area contributed by atoms with E-state index < -0.39 is 14.3 Å². The van der Waals surface area contributed by atoms with Crippen molar-refractivity contribution in [1.82, 2.24) is 0 Å². The maximum absolute atomic E-state index is 11.0. The maximum Gasteiger partial charge on any atom is 0.236 e. The average molecular weight is 233 g/mol. The monoisotopic (exact) mass is 232 g/mol. The molecule has 1 aromatic rings. The third-order valence-corrected chi connectivity index (χ3v) is 4.32. The van der Waals surface area contributed by atoms with Crippen molar-refractivity contribution in [3.63, 3.8) is 0 Å². The van der Waals surface area contributed by atoms with Gasteiger partial charge in [-0.15, -0.1) is 0 Å². The molecule has 0 bridgehead atoms. The molecule has 5 heteroatoms. The second-order valence-corrected chi connectivity index (χ2v) is 6.30. The van der Waals surface area contributed by atoms with E-state index in [2.05, 4.69) is 0 Å². The minimum Gasteiger partial charge on any atom is -0.508 e. The molecule has 3 nitrogen and oxygen atoms in total. The summed E-state index contributed by atoms with van der Waals surface area (Å²) in [6.45, 7) is 0. The first-order valence-corrected chi connectivity index (χ1v) is 6.58. The highest BCUT2D eigenvalue weighted by atomic mass is 35.7. The summed E-state index contributed by atoms with van der Waals surface area (Å²) in [7, 11) is 1.78. The molecule has 1 fully saturated rings. The lowest BCUT2D eigenvalue weighted by atomic mass is 10.1. The number of rotatable bonds is 2. The van der Waals surface area contributed by atoms with Gasteiger partial charge < -0.3 is 5.11 Å². The molecular formula is C9H9ClO3S. The molecule has 2 atom stereocenters. The molecule has 76 valence electrons. The lowest BCUT2D eigenvalue weighted by molar-refractivity contribution is 0.474. The Kier molecular flexibility index (Phi) is 2.20. The molecule has 1 aliphatic rings. The van der Waals surface area contributed by atoms with Crippen LogP contribution >= 0.6 is 10.7 Å². The van der Waals surface area contributed by atoms with Gasteiger partial charge in [0.05, 0.1) is 5.25 Å². The number of aromatic hydroxyl groups is 1. The SMILES string of the molecule is O=S(=O)(Cl)C1CC1c1cccc(O)c1. The van der Waals surface area contributed by atoms with Gasteiger partial charge in [0.1, 0.15) is 5.75 Å². The zero-order chi connectivity index (χ0) is 10.3. The summed E-state index contributed by atoms with van der Waals surface area (Å²) in [4.78, 5) is 0. The van der Waals surface area contributed by atoms with Crippen LogP contribution in [0.1, 0.15) is 17.9 Å². The van der Waals surface area contributed by atoms with E-state index in [4.69, 9.17) is 10.7 Å². The van der Waals surface area contributed by atoms with Gasteiger partial charge in [-0.3, -0.25) is 0 Å². The van der Waals surface area contributed by atoms with Crippen LogP contribution in [0.3, 0.4) is 0 Å². The van der Waals surface area contributed by atoms with Crippen molar-refractivity contribution < 1.29 is 13.5 Å². The number of halogens is 1. The molecule has 0 heterocycles. The highest BCUT2D eigenvalue weighted by Gasteiger charge is 2.47. The molecule has 0 spiro atoms. The quantitative estimate of drug-likeness (QED) is 0.792. The van der Waals surface area contributed by atoms with E-state index in [1.54, 1.807) is 24.3 Å². The fourth-order valence-corrected chi connectivity index (χ4v) is 3.17. The summed E-state index contributed by atoms with van der Waals surface area (Å²) >= 11 is 0. The lowest BCUT2D eigenvalue weighted by Gasteiger charge is -1.99. The number of hydrogen-bond acceptors (Lipinski definition) is 3. The molecule has 1 aromatic carbocycles. The van der Waals surface area contributed by atoms with Gasteiger partial charge in [0.25, 0.3) is 0 Å². The minimum absolute atomic E-state index is 0.0513. The molecule has 14 heavy (non-hydrogen) atoms. The van der Waals surface area contributed by atoms with Gasteiger partial charge in [-0.05, 0) is 24.1 Å². The zero-order valence-electron chi connectivity index (χ0n) is 7.22. The van der Waals surface area contributed by atoms with Gasteiger partial charge in [-0.1, -0.05) is 12.1 Å². The summed E-state index contributed by atoms with van der Waals surface area (Å²) in [5.74, 6) is 0.102. The van der Waals surface area contributed by atoms with Crippen molar-refractivity contribution in [3.05, 3.63) is 29.8 Å². The summed E-state index contributed by atoms with van der Waals surface area (Å²) in [6.07, 6.45) is 0.551. The summed E-state index contributed by atoms with van der Waals surface area (Å²) in [5.41, 5.74) is 0.833. The van der Waals surface area contributed by atoms with Crippen molar-refractivity contribution >= 4 is 19.7 Å². The van der Waals surface area contributed by atoms with Crippen LogP contribution in [-0.2, 0) is 9.05 Å². The van der Waals surface area contributed by atoms with Crippen molar-refractivity contribution in [2.24, 2.45) is 0 Å². The molecule has 0 aromatic heterocycles. The van der Waals surface area contributed by atoms with Crippen LogP contribution < -0.4 is 0 Å². The lowest BCUT2D eigenvalue weighted by Crippen LogP contribution is -1.99. The molecule has 0 amide bonds. The average Bonchev–Trinajstić information content (AvgIpc) is 2.81. The Hall–Kier alpha value is -0.740. The first-order valence-electron chi connectivity index (χ1n) is 4.21. The van der Waals surface area contributed by atoms with E-state index in [1.165, 1.54) is 0 Å². The zero-order valence-corrected chi connectivity index (χ0v) is 8.79. The fourth-order valence-electron chi connectivity index (χ4n) is 1.59. The Morgan fingerprint density at radius 2 is 2.14 bits per heavy atom. The molecule has 0 radical (unpaired) electrons. The largest absolute Gasteiger partial charge is 0.508 e. The first kappa shape index (κ1) is 9.80. The standard InChI is InChI=1S/C9H9ClO3S/c10-14(12,13)9-5-8(9)6-2-1-3-7(11)4-6/h1-4,8-9,11H,5H2. The van der Waals surface area contributed by atoms with E-state index in [0.717, 1.165) is 5.56 Å². The molecular weight excluding hydrogens is 224 g/mol. The van der Waals surface area contributed by atoms with Crippen LogP contribution in [0.4, 0.5) is 0 Å². The van der Waals surface area contributed by atoms with E-state index >= 15 is 0 Å². The van der Waals surface area contributed by atoms with E-state index in [9.17, 15) is 13.5 Å². The number of benzene rings is 1. The van der Waals surface area contributed by atoms with Crippen LogP contribution in [0, 0.1) is 0 Å². The molecule has 0 aliphatic heterocycles. The Balaban J connectivity index is 2.22. The molecule has 1 saturated carbocycles. The van der Waals surface area contributed by atoms with Crippen molar-refractivity contribution in [2.45, 2.75) is 17.6 Å². The van der Waals surface area contributed by atoms with E-state index in [0.29, 0.717) is 6.42 Å². The van der Waals surface area contributed by atoms with E-state index in [1.807, 2.05) is 0 Å². The second-order valence-electron chi connectivity index (χ2n) is 3.45. The molecule has 2 rings (SSSR count). The predicted molar refractivity (Wildman–Crippen MR) is 54.0 cm³/mol.